The third-order valence-corrected chi connectivity index (χ3v) is 2.29. The van der Waals surface area contributed by atoms with Crippen molar-refractivity contribution in [2.24, 2.45) is 0 Å². The monoisotopic (exact) mass is 183 g/mol. The second-order valence-electron chi connectivity index (χ2n) is 3.19. The maximum absolute atomic E-state index is 4.22. The molecule has 0 saturated heterocycles. The molecule has 0 unspecified atom stereocenters. The molecule has 1 N–H and O–H groups in total. The summed E-state index contributed by atoms with van der Waals surface area (Å²) in [5.74, 6) is 0.853. The summed E-state index contributed by atoms with van der Waals surface area (Å²) in [4.78, 5) is 4.22. The molecule has 0 spiro atoms. The highest BCUT2D eigenvalue weighted by Crippen LogP contribution is 2.24. The van der Waals surface area contributed by atoms with E-state index in [1.807, 2.05) is 35.2 Å². The molecular formula is C11H9N3. The Hall–Kier alpha value is -2.03. The number of nitrogens with one attached hydrogen (secondary N) is 1. The van der Waals surface area contributed by atoms with Gasteiger partial charge in [-0.15, -0.1) is 0 Å². The molecule has 0 radical (unpaired) electrons. The minimum Gasteiger partial charge on any atom is -0.325 e. The number of aromatic nitrogens is 2. The maximum atomic E-state index is 4.22. The molecule has 2 aromatic rings. The van der Waals surface area contributed by atoms with Crippen molar-refractivity contribution >= 4 is 23.9 Å². The van der Waals surface area contributed by atoms with E-state index in [0.717, 1.165) is 11.6 Å². The molecule has 1 aliphatic rings. The van der Waals surface area contributed by atoms with E-state index in [2.05, 4.69) is 22.4 Å². The van der Waals surface area contributed by atoms with Crippen molar-refractivity contribution in [3.8, 4) is 0 Å². The normalized spacial score (nSPS) is 12.6. The minimum absolute atomic E-state index is 0.853. The van der Waals surface area contributed by atoms with E-state index < -0.39 is 0 Å². The first-order valence-electron chi connectivity index (χ1n) is 4.50. The number of hydrogen-bond donors (Lipinski definition) is 1. The molecule has 3 nitrogen and oxygen atoms in total. The van der Waals surface area contributed by atoms with Gasteiger partial charge in [-0.25, -0.2) is 4.98 Å². The average molecular weight is 183 g/mol. The number of fused-ring (bicyclic) bond motifs is 2. The molecule has 0 amide bonds. The first kappa shape index (κ1) is 7.38. The zero-order chi connectivity index (χ0) is 9.38. The highest BCUT2D eigenvalue weighted by molar-refractivity contribution is 5.77. The molecule has 14 heavy (non-hydrogen) atoms. The molecular weight excluding hydrogens is 174 g/mol. The number of para-hydroxylation sites is 1. The molecule has 0 saturated carbocycles. The van der Waals surface area contributed by atoms with E-state index in [-0.39, 0.29) is 0 Å². The predicted octanol–water partition coefficient (Wildman–Crippen LogP) is 2.57. The van der Waals surface area contributed by atoms with Gasteiger partial charge in [-0.2, -0.15) is 0 Å². The lowest BCUT2D eigenvalue weighted by molar-refractivity contribution is 1.15. The zero-order valence-corrected chi connectivity index (χ0v) is 7.51. The first-order chi connectivity index (χ1) is 6.93. The number of benzene rings is 1. The Morgan fingerprint density at radius 1 is 1.21 bits per heavy atom. The number of nitrogens with zero attached hydrogens (tertiary/aromatic N) is 2. The van der Waals surface area contributed by atoms with Crippen LogP contribution < -0.4 is 5.32 Å². The quantitative estimate of drug-likeness (QED) is 0.580. The van der Waals surface area contributed by atoms with E-state index in [1.165, 1.54) is 5.56 Å². The third kappa shape index (κ3) is 1.03. The fraction of sp³-hybridized carbons (Fsp3) is 0. The Morgan fingerprint density at radius 2 is 2.14 bits per heavy atom. The van der Waals surface area contributed by atoms with Crippen LogP contribution in [0.1, 0.15) is 5.56 Å². The van der Waals surface area contributed by atoms with Gasteiger partial charge in [0.2, 0.25) is 5.95 Å². The molecule has 1 aromatic heterocycles. The van der Waals surface area contributed by atoms with Crippen molar-refractivity contribution in [3.05, 3.63) is 42.2 Å². The van der Waals surface area contributed by atoms with Crippen molar-refractivity contribution in [2.75, 3.05) is 5.32 Å². The van der Waals surface area contributed by atoms with Crippen LogP contribution in [0.4, 0.5) is 11.6 Å². The van der Waals surface area contributed by atoms with Crippen molar-refractivity contribution in [1.82, 2.24) is 9.55 Å². The molecule has 3 heteroatoms. The largest absolute Gasteiger partial charge is 0.325 e. The molecule has 0 fully saturated rings. The molecule has 1 aliphatic heterocycles. The fourth-order valence-corrected chi connectivity index (χ4v) is 1.57. The molecule has 2 heterocycles. The first-order valence-corrected chi connectivity index (χ1v) is 4.50. The fourth-order valence-electron chi connectivity index (χ4n) is 1.57. The SMILES string of the molecule is C1=Cn2ccnc2Nc2ccccc21. The minimum atomic E-state index is 0.853. The van der Waals surface area contributed by atoms with Crippen LogP contribution in [0.2, 0.25) is 0 Å². The number of anilines is 2. The number of rotatable bonds is 0. The van der Waals surface area contributed by atoms with Gasteiger partial charge in [0.1, 0.15) is 0 Å². The van der Waals surface area contributed by atoms with E-state index in [1.54, 1.807) is 6.20 Å². The molecule has 0 bridgehead atoms. The van der Waals surface area contributed by atoms with Crippen molar-refractivity contribution < 1.29 is 0 Å². The highest BCUT2D eigenvalue weighted by Gasteiger charge is 2.06. The lowest BCUT2D eigenvalue weighted by atomic mass is 10.2. The van der Waals surface area contributed by atoms with Crippen LogP contribution in [0, 0.1) is 0 Å². The van der Waals surface area contributed by atoms with Crippen LogP contribution in [0.15, 0.2) is 36.7 Å². The molecule has 0 aliphatic carbocycles. The summed E-state index contributed by atoms with van der Waals surface area (Å²) >= 11 is 0. The van der Waals surface area contributed by atoms with Gasteiger partial charge in [-0.3, -0.25) is 4.57 Å². The second kappa shape index (κ2) is 2.73. The zero-order valence-electron chi connectivity index (χ0n) is 7.51. The smallest absolute Gasteiger partial charge is 0.211 e. The van der Waals surface area contributed by atoms with E-state index in [4.69, 9.17) is 0 Å². The van der Waals surface area contributed by atoms with Gasteiger partial charge in [-0.05, 0) is 17.7 Å². The van der Waals surface area contributed by atoms with Gasteiger partial charge >= 0.3 is 0 Å². The van der Waals surface area contributed by atoms with Crippen LogP contribution in [-0.2, 0) is 0 Å². The highest BCUT2D eigenvalue weighted by atomic mass is 15.2. The van der Waals surface area contributed by atoms with Crippen LogP contribution in [-0.4, -0.2) is 9.55 Å². The predicted molar refractivity (Wildman–Crippen MR) is 57.2 cm³/mol. The Bertz CT molecular complexity index is 497. The van der Waals surface area contributed by atoms with Crippen LogP contribution in [0.5, 0.6) is 0 Å². The Labute approximate surface area is 81.7 Å². The van der Waals surface area contributed by atoms with Gasteiger partial charge < -0.3 is 5.32 Å². The van der Waals surface area contributed by atoms with Gasteiger partial charge in [0, 0.05) is 24.3 Å². The summed E-state index contributed by atoms with van der Waals surface area (Å²) in [7, 11) is 0. The topological polar surface area (TPSA) is 29.9 Å². The Morgan fingerprint density at radius 3 is 3.14 bits per heavy atom. The van der Waals surface area contributed by atoms with E-state index in [9.17, 15) is 0 Å². The van der Waals surface area contributed by atoms with Gasteiger partial charge in [-0.1, -0.05) is 18.2 Å². The molecule has 68 valence electrons. The maximum Gasteiger partial charge on any atom is 0.211 e. The van der Waals surface area contributed by atoms with Gasteiger partial charge in [0.15, 0.2) is 0 Å². The summed E-state index contributed by atoms with van der Waals surface area (Å²) < 4.78 is 1.96. The average Bonchev–Trinajstić information content (AvgIpc) is 2.58. The lowest BCUT2D eigenvalue weighted by Gasteiger charge is -2.04. The second-order valence-corrected chi connectivity index (χ2v) is 3.19. The summed E-state index contributed by atoms with van der Waals surface area (Å²) in [6.07, 6.45) is 7.77. The van der Waals surface area contributed by atoms with Gasteiger partial charge in [0.05, 0.1) is 0 Å². The Kier molecular flexibility index (Phi) is 1.44. The van der Waals surface area contributed by atoms with Gasteiger partial charge in [0.25, 0.3) is 0 Å². The summed E-state index contributed by atoms with van der Waals surface area (Å²) in [5.41, 5.74) is 2.27. The van der Waals surface area contributed by atoms with Crippen molar-refractivity contribution in [2.45, 2.75) is 0 Å². The Balaban J connectivity index is 2.19. The number of hydrogen-bond acceptors (Lipinski definition) is 2. The third-order valence-electron chi connectivity index (χ3n) is 2.29. The molecule has 1 aromatic carbocycles. The van der Waals surface area contributed by atoms with Crippen LogP contribution in [0.25, 0.3) is 12.3 Å². The van der Waals surface area contributed by atoms with E-state index in [0.29, 0.717) is 0 Å². The lowest BCUT2D eigenvalue weighted by Crippen LogP contribution is -1.96. The van der Waals surface area contributed by atoms with E-state index >= 15 is 0 Å². The summed E-state index contributed by atoms with van der Waals surface area (Å²) in [6.45, 7) is 0. The standard InChI is InChI=1S/C11H9N3/c1-2-4-10-9(3-1)5-7-14-8-6-12-11(14)13-10/h1-8H,(H,12,13). The van der Waals surface area contributed by atoms with Crippen LogP contribution in [0.3, 0.4) is 0 Å². The van der Waals surface area contributed by atoms with Crippen LogP contribution >= 0.6 is 0 Å². The summed E-state index contributed by atoms with van der Waals surface area (Å²) in [5, 5.41) is 3.27. The van der Waals surface area contributed by atoms with Crippen molar-refractivity contribution in [1.29, 1.82) is 0 Å². The molecule has 3 rings (SSSR count). The summed E-state index contributed by atoms with van der Waals surface area (Å²) in [6, 6.07) is 8.16. The van der Waals surface area contributed by atoms with Crippen molar-refractivity contribution in [3.63, 3.8) is 0 Å². The molecule has 0 atom stereocenters. The number of imidazole rings is 1.